The van der Waals surface area contributed by atoms with Gasteiger partial charge in [0.1, 0.15) is 5.75 Å². The van der Waals surface area contributed by atoms with Gasteiger partial charge < -0.3 is 15.8 Å². The molecular weight excluding hydrogens is 240 g/mol. The van der Waals surface area contributed by atoms with Crippen LogP contribution in [0.4, 0.5) is 0 Å². The van der Waals surface area contributed by atoms with E-state index in [1.165, 1.54) is 5.56 Å². The number of primary amides is 1. The molecule has 1 aromatic rings. The highest BCUT2D eigenvalue weighted by atomic mass is 16.5. The van der Waals surface area contributed by atoms with Gasteiger partial charge in [0.25, 0.3) is 0 Å². The van der Waals surface area contributed by atoms with E-state index in [4.69, 9.17) is 10.5 Å². The van der Waals surface area contributed by atoms with Crippen LogP contribution >= 0.6 is 0 Å². The molecule has 1 aliphatic rings. The van der Waals surface area contributed by atoms with Gasteiger partial charge in [-0.15, -0.1) is 0 Å². The molecular formula is C15H22N2O2. The van der Waals surface area contributed by atoms with E-state index in [1.807, 2.05) is 18.2 Å². The third-order valence-electron chi connectivity index (χ3n) is 3.86. The zero-order valence-corrected chi connectivity index (χ0v) is 11.4. The molecule has 4 heteroatoms. The van der Waals surface area contributed by atoms with Crippen LogP contribution in [0, 0.1) is 5.92 Å². The maximum atomic E-state index is 11.1. The largest absolute Gasteiger partial charge is 0.497 e. The van der Waals surface area contributed by atoms with Crippen molar-refractivity contribution in [3.63, 3.8) is 0 Å². The number of hydrogen-bond donors (Lipinski definition) is 2. The van der Waals surface area contributed by atoms with Gasteiger partial charge in [-0.3, -0.25) is 4.79 Å². The first-order valence-electron chi connectivity index (χ1n) is 6.84. The molecule has 0 radical (unpaired) electrons. The minimum Gasteiger partial charge on any atom is -0.497 e. The average Bonchev–Trinajstić information content (AvgIpc) is 2.46. The molecule has 104 valence electrons. The van der Waals surface area contributed by atoms with Crippen molar-refractivity contribution >= 4 is 5.91 Å². The van der Waals surface area contributed by atoms with Crippen LogP contribution in [-0.2, 0) is 11.3 Å². The van der Waals surface area contributed by atoms with E-state index in [2.05, 4.69) is 11.4 Å². The monoisotopic (exact) mass is 262 g/mol. The van der Waals surface area contributed by atoms with E-state index in [9.17, 15) is 4.79 Å². The third-order valence-corrected chi connectivity index (χ3v) is 3.86. The minimum atomic E-state index is -0.147. The Kier molecular flexibility index (Phi) is 4.80. The summed E-state index contributed by atoms with van der Waals surface area (Å²) in [5, 5.41) is 3.54. The molecule has 1 fully saturated rings. The first kappa shape index (κ1) is 13.9. The van der Waals surface area contributed by atoms with E-state index < -0.39 is 0 Å². The maximum absolute atomic E-state index is 11.1. The molecule has 0 atom stereocenters. The Bertz CT molecular complexity index is 426. The lowest BCUT2D eigenvalue weighted by Crippen LogP contribution is -2.36. The van der Waals surface area contributed by atoms with Crippen molar-refractivity contribution in [2.45, 2.75) is 38.3 Å². The van der Waals surface area contributed by atoms with Gasteiger partial charge in [0.15, 0.2) is 0 Å². The Balaban J connectivity index is 1.78. The average molecular weight is 262 g/mol. The van der Waals surface area contributed by atoms with E-state index in [1.54, 1.807) is 7.11 Å². The first-order valence-corrected chi connectivity index (χ1v) is 6.84. The van der Waals surface area contributed by atoms with E-state index in [0.717, 1.165) is 38.0 Å². The Morgan fingerprint density at radius 2 is 2.11 bits per heavy atom. The van der Waals surface area contributed by atoms with Crippen LogP contribution in [0.2, 0.25) is 0 Å². The fourth-order valence-electron chi connectivity index (χ4n) is 2.63. The van der Waals surface area contributed by atoms with Gasteiger partial charge >= 0.3 is 0 Å². The van der Waals surface area contributed by atoms with Crippen LogP contribution < -0.4 is 15.8 Å². The lowest BCUT2D eigenvalue weighted by molar-refractivity contribution is -0.122. The number of ether oxygens (including phenoxy) is 1. The fraction of sp³-hybridized carbons (Fsp3) is 0.533. The van der Waals surface area contributed by atoms with Crippen molar-refractivity contribution in [1.29, 1.82) is 0 Å². The molecule has 3 N–H and O–H groups in total. The van der Waals surface area contributed by atoms with Crippen LogP contribution in [0.1, 0.15) is 31.2 Å². The summed E-state index contributed by atoms with van der Waals surface area (Å²) < 4.78 is 5.21. The van der Waals surface area contributed by atoms with Crippen LogP contribution in [0.25, 0.3) is 0 Å². The number of methoxy groups -OCH3 is 1. The standard InChI is InChI=1S/C15H22N2O2/c1-19-14-4-2-3-11(9-14)10-17-13-7-5-12(6-8-13)15(16)18/h2-4,9,12-13,17H,5-8,10H2,1H3,(H2,16,18). The topological polar surface area (TPSA) is 64.3 Å². The van der Waals surface area contributed by atoms with Gasteiger partial charge in [0.2, 0.25) is 5.91 Å². The van der Waals surface area contributed by atoms with Gasteiger partial charge in [0, 0.05) is 18.5 Å². The van der Waals surface area contributed by atoms with Crippen molar-refractivity contribution in [3.05, 3.63) is 29.8 Å². The molecule has 19 heavy (non-hydrogen) atoms. The summed E-state index contributed by atoms with van der Waals surface area (Å²) in [5.74, 6) is 0.817. The molecule has 0 spiro atoms. The number of nitrogens with two attached hydrogens (primary N) is 1. The predicted molar refractivity (Wildman–Crippen MR) is 74.8 cm³/mol. The van der Waals surface area contributed by atoms with Crippen LogP contribution in [-0.4, -0.2) is 19.1 Å². The zero-order valence-electron chi connectivity index (χ0n) is 11.4. The second-order valence-corrected chi connectivity index (χ2v) is 5.18. The fourth-order valence-corrected chi connectivity index (χ4v) is 2.63. The van der Waals surface area contributed by atoms with E-state index in [-0.39, 0.29) is 11.8 Å². The van der Waals surface area contributed by atoms with Crippen molar-refractivity contribution in [1.82, 2.24) is 5.32 Å². The number of carbonyl (C=O) groups excluding carboxylic acids is 1. The first-order chi connectivity index (χ1) is 9.19. The number of hydrogen-bond acceptors (Lipinski definition) is 3. The Morgan fingerprint density at radius 3 is 2.74 bits per heavy atom. The number of carbonyl (C=O) groups is 1. The van der Waals surface area contributed by atoms with Crippen molar-refractivity contribution in [3.8, 4) is 5.75 Å². The molecule has 0 unspecified atom stereocenters. The van der Waals surface area contributed by atoms with Gasteiger partial charge in [0.05, 0.1) is 7.11 Å². The summed E-state index contributed by atoms with van der Waals surface area (Å²) >= 11 is 0. The van der Waals surface area contributed by atoms with Gasteiger partial charge in [-0.25, -0.2) is 0 Å². The Morgan fingerprint density at radius 1 is 1.37 bits per heavy atom. The van der Waals surface area contributed by atoms with E-state index >= 15 is 0 Å². The lowest BCUT2D eigenvalue weighted by Gasteiger charge is -2.27. The number of benzene rings is 1. The quantitative estimate of drug-likeness (QED) is 0.851. The molecule has 0 bridgehead atoms. The second-order valence-electron chi connectivity index (χ2n) is 5.18. The summed E-state index contributed by atoms with van der Waals surface area (Å²) in [6.07, 6.45) is 3.87. The third kappa shape index (κ3) is 3.96. The number of amides is 1. The molecule has 0 aliphatic heterocycles. The SMILES string of the molecule is COc1cccc(CNC2CCC(C(N)=O)CC2)c1. The van der Waals surface area contributed by atoms with E-state index in [0.29, 0.717) is 6.04 Å². The lowest BCUT2D eigenvalue weighted by atomic mass is 9.85. The molecule has 0 aromatic heterocycles. The second kappa shape index (κ2) is 6.57. The molecule has 0 saturated heterocycles. The molecule has 1 aliphatic carbocycles. The summed E-state index contributed by atoms with van der Waals surface area (Å²) in [6, 6.07) is 8.57. The van der Waals surface area contributed by atoms with Crippen LogP contribution in [0.5, 0.6) is 5.75 Å². The highest BCUT2D eigenvalue weighted by Crippen LogP contribution is 2.24. The van der Waals surface area contributed by atoms with Gasteiger partial charge in [-0.05, 0) is 43.4 Å². The molecule has 4 nitrogen and oxygen atoms in total. The minimum absolute atomic E-state index is 0.0786. The van der Waals surface area contributed by atoms with Crippen LogP contribution in [0.15, 0.2) is 24.3 Å². The summed E-state index contributed by atoms with van der Waals surface area (Å²) in [4.78, 5) is 11.1. The summed E-state index contributed by atoms with van der Waals surface area (Å²) in [5.41, 5.74) is 6.56. The predicted octanol–water partition coefficient (Wildman–Crippen LogP) is 1.83. The van der Waals surface area contributed by atoms with Crippen molar-refractivity contribution < 1.29 is 9.53 Å². The van der Waals surface area contributed by atoms with Crippen LogP contribution in [0.3, 0.4) is 0 Å². The zero-order chi connectivity index (χ0) is 13.7. The number of rotatable bonds is 5. The Labute approximate surface area is 114 Å². The maximum Gasteiger partial charge on any atom is 0.220 e. The molecule has 2 rings (SSSR count). The Hall–Kier alpha value is -1.55. The van der Waals surface area contributed by atoms with Gasteiger partial charge in [-0.2, -0.15) is 0 Å². The highest BCUT2D eigenvalue weighted by molar-refractivity contribution is 5.76. The molecule has 1 saturated carbocycles. The molecule has 0 heterocycles. The normalized spacial score (nSPS) is 23.0. The summed E-state index contributed by atoms with van der Waals surface area (Å²) in [6.45, 7) is 0.836. The van der Waals surface area contributed by atoms with Gasteiger partial charge in [-0.1, -0.05) is 12.1 Å². The molecule has 1 amide bonds. The summed E-state index contributed by atoms with van der Waals surface area (Å²) in [7, 11) is 1.68. The number of nitrogens with one attached hydrogen (secondary N) is 1. The highest BCUT2D eigenvalue weighted by Gasteiger charge is 2.24. The van der Waals surface area contributed by atoms with Crippen molar-refractivity contribution in [2.75, 3.05) is 7.11 Å². The smallest absolute Gasteiger partial charge is 0.220 e. The molecule has 1 aromatic carbocycles. The van der Waals surface area contributed by atoms with Crippen molar-refractivity contribution in [2.24, 2.45) is 11.7 Å².